The number of esters is 2. The van der Waals surface area contributed by atoms with Crippen LogP contribution in [-0.4, -0.2) is 59.1 Å². The van der Waals surface area contributed by atoms with Gasteiger partial charge in [-0.25, -0.2) is 9.59 Å². The van der Waals surface area contributed by atoms with Crippen LogP contribution in [0.25, 0.3) is 0 Å². The van der Waals surface area contributed by atoms with E-state index in [1.165, 1.54) is 6.92 Å². The average molecular weight is 351 g/mol. The quantitative estimate of drug-likeness (QED) is 0.232. The summed E-state index contributed by atoms with van der Waals surface area (Å²) in [6, 6.07) is -0.531. The largest absolute Gasteiger partial charge is 0.632 e. The van der Waals surface area contributed by atoms with Gasteiger partial charge in [0.25, 0.3) is 0 Å². The molecule has 2 fully saturated rings. The molecule has 0 bridgehead atoms. The van der Waals surface area contributed by atoms with Crippen LogP contribution in [0.1, 0.15) is 33.6 Å². The van der Waals surface area contributed by atoms with Crippen LogP contribution in [0.3, 0.4) is 0 Å². The molecule has 2 saturated heterocycles. The van der Waals surface area contributed by atoms with Crippen molar-refractivity contribution in [2.45, 2.75) is 51.4 Å². The van der Waals surface area contributed by atoms with Gasteiger partial charge in [-0.15, -0.1) is 0 Å². The minimum Gasteiger partial charge on any atom is -0.632 e. The van der Waals surface area contributed by atoms with E-state index < -0.39 is 40.2 Å². The molecular formula is C18H25NO6. The van der Waals surface area contributed by atoms with Gasteiger partial charge in [0.15, 0.2) is 17.7 Å². The summed E-state index contributed by atoms with van der Waals surface area (Å²) in [5, 5.41) is 23.5. The Kier molecular flexibility index (Phi) is 4.51. The molecule has 0 radical (unpaired) electrons. The minimum atomic E-state index is -1.73. The van der Waals surface area contributed by atoms with E-state index in [1.54, 1.807) is 26.0 Å². The molecule has 0 amide bonds. The predicted octanol–water partition coefficient (Wildman–Crippen LogP) is 1.21. The number of nitrogens with zero attached hydrogens (tertiary/aromatic N) is 1. The Hall–Kier alpha value is -1.70. The predicted molar refractivity (Wildman–Crippen MR) is 88.9 cm³/mol. The van der Waals surface area contributed by atoms with Crippen molar-refractivity contribution < 1.29 is 28.8 Å². The highest BCUT2D eigenvalue weighted by Gasteiger charge is 2.51. The number of carbonyl (C=O) groups is 2. The topological polar surface area (TPSA) is 95.9 Å². The van der Waals surface area contributed by atoms with Gasteiger partial charge in [-0.1, -0.05) is 13.0 Å². The third-order valence-electron chi connectivity index (χ3n) is 5.83. The van der Waals surface area contributed by atoms with Crippen LogP contribution in [0.4, 0.5) is 0 Å². The third kappa shape index (κ3) is 3.01. The summed E-state index contributed by atoms with van der Waals surface area (Å²) in [4.78, 5) is 24.9. The maximum atomic E-state index is 12.9. The Bertz CT molecular complexity index is 652. The maximum Gasteiger partial charge on any atom is 0.338 e. The van der Waals surface area contributed by atoms with Crippen molar-refractivity contribution in [2.24, 2.45) is 5.92 Å². The molecule has 138 valence electrons. The summed E-state index contributed by atoms with van der Waals surface area (Å²) >= 11 is 0. The van der Waals surface area contributed by atoms with Gasteiger partial charge in [0.2, 0.25) is 0 Å². The molecule has 0 aliphatic carbocycles. The van der Waals surface area contributed by atoms with E-state index in [2.05, 4.69) is 0 Å². The standard InChI is InChI=1S/C18H25NO6/c1-4-12-9-11(2)18(3,22)17(21)24-10-13-5-7-19(23)8-6-14(15(13)19)25-16(12)20/h4-5,11,14-15,22H,6-10H2,1-3H3/t11?,14?,15?,18-,19?/m1/s1. The molecule has 7 nitrogen and oxygen atoms in total. The fraction of sp³-hybridized carbons (Fsp3) is 0.667. The second kappa shape index (κ2) is 6.23. The molecule has 0 aromatic heterocycles. The molecule has 25 heavy (non-hydrogen) atoms. The third-order valence-corrected chi connectivity index (χ3v) is 5.83. The lowest BCUT2D eigenvalue weighted by Gasteiger charge is -2.41. The molecule has 4 unspecified atom stereocenters. The van der Waals surface area contributed by atoms with Crippen LogP contribution < -0.4 is 0 Å². The molecule has 3 aliphatic heterocycles. The summed E-state index contributed by atoms with van der Waals surface area (Å²) in [5.41, 5.74) is -0.670. The van der Waals surface area contributed by atoms with Crippen molar-refractivity contribution >= 4 is 11.9 Å². The van der Waals surface area contributed by atoms with E-state index in [1.807, 2.05) is 0 Å². The van der Waals surface area contributed by atoms with Gasteiger partial charge in [-0.05, 0) is 32.3 Å². The average Bonchev–Trinajstić information content (AvgIpc) is 3.05. The first kappa shape index (κ1) is 18.1. The molecule has 3 aliphatic rings. The summed E-state index contributed by atoms with van der Waals surface area (Å²) in [7, 11) is 0. The number of hydrogen-bond donors (Lipinski definition) is 1. The van der Waals surface area contributed by atoms with Crippen LogP contribution in [0.5, 0.6) is 0 Å². The highest BCUT2D eigenvalue weighted by Crippen LogP contribution is 2.39. The van der Waals surface area contributed by atoms with Crippen LogP contribution >= 0.6 is 0 Å². The second-order valence-electron chi connectivity index (χ2n) is 7.46. The van der Waals surface area contributed by atoms with Gasteiger partial charge in [-0.3, -0.25) is 0 Å². The van der Waals surface area contributed by atoms with Crippen molar-refractivity contribution in [3.8, 4) is 0 Å². The zero-order chi connectivity index (χ0) is 18.4. The summed E-state index contributed by atoms with van der Waals surface area (Å²) in [6.07, 6.45) is 3.57. The van der Waals surface area contributed by atoms with E-state index in [-0.39, 0.29) is 19.6 Å². The number of aliphatic hydroxyl groups is 1. The monoisotopic (exact) mass is 351 g/mol. The molecule has 3 rings (SSSR count). The number of ether oxygens (including phenoxy) is 2. The molecule has 7 heteroatoms. The molecule has 0 aromatic carbocycles. The van der Waals surface area contributed by atoms with E-state index >= 15 is 0 Å². The van der Waals surface area contributed by atoms with Gasteiger partial charge in [0, 0.05) is 17.6 Å². The normalized spacial score (nSPS) is 43.6. The lowest BCUT2D eigenvalue weighted by molar-refractivity contribution is -0.877. The Morgan fingerprint density at radius 3 is 2.84 bits per heavy atom. The first-order valence-electron chi connectivity index (χ1n) is 8.71. The number of rotatable bonds is 0. The smallest absolute Gasteiger partial charge is 0.338 e. The Labute approximate surface area is 147 Å². The van der Waals surface area contributed by atoms with Crippen LogP contribution in [-0.2, 0) is 19.1 Å². The van der Waals surface area contributed by atoms with Crippen molar-refractivity contribution in [3.63, 3.8) is 0 Å². The van der Waals surface area contributed by atoms with Gasteiger partial charge in [0.1, 0.15) is 6.61 Å². The van der Waals surface area contributed by atoms with Crippen molar-refractivity contribution in [1.82, 2.24) is 0 Å². The van der Waals surface area contributed by atoms with Crippen LogP contribution in [0, 0.1) is 11.1 Å². The SMILES string of the molecule is CC=C1CC(C)[C@@](C)(O)C(=O)OCC2=CC[N+]3([O-])CCC(OC1=O)C23. The van der Waals surface area contributed by atoms with E-state index in [0.717, 1.165) is 0 Å². The van der Waals surface area contributed by atoms with Gasteiger partial charge in [0.05, 0.1) is 13.1 Å². The second-order valence-corrected chi connectivity index (χ2v) is 7.46. The molecule has 5 atom stereocenters. The zero-order valence-corrected chi connectivity index (χ0v) is 14.9. The van der Waals surface area contributed by atoms with E-state index in [0.29, 0.717) is 24.1 Å². The number of hydroxylamine groups is 3. The fourth-order valence-electron chi connectivity index (χ4n) is 3.91. The number of cyclic esters (lactones) is 1. The summed E-state index contributed by atoms with van der Waals surface area (Å²) < 4.78 is 10.5. The lowest BCUT2D eigenvalue weighted by Crippen LogP contribution is -2.49. The number of carbonyl (C=O) groups excluding carboxylic acids is 2. The molecular weight excluding hydrogens is 326 g/mol. The van der Waals surface area contributed by atoms with E-state index in [4.69, 9.17) is 9.47 Å². The molecule has 0 saturated carbocycles. The van der Waals surface area contributed by atoms with Crippen molar-refractivity contribution in [2.75, 3.05) is 19.7 Å². The highest BCUT2D eigenvalue weighted by molar-refractivity contribution is 5.89. The summed E-state index contributed by atoms with van der Waals surface area (Å²) in [6.45, 7) is 5.39. The van der Waals surface area contributed by atoms with E-state index in [9.17, 15) is 19.9 Å². The first-order chi connectivity index (χ1) is 11.7. The summed E-state index contributed by atoms with van der Waals surface area (Å²) in [5.74, 6) is -1.75. The molecule has 3 heterocycles. The molecule has 0 spiro atoms. The van der Waals surface area contributed by atoms with Gasteiger partial charge in [-0.2, -0.15) is 0 Å². The minimum absolute atomic E-state index is 0.0564. The van der Waals surface area contributed by atoms with Gasteiger partial charge >= 0.3 is 11.9 Å². The zero-order valence-electron chi connectivity index (χ0n) is 14.9. The first-order valence-corrected chi connectivity index (χ1v) is 8.71. The Morgan fingerprint density at radius 1 is 1.44 bits per heavy atom. The van der Waals surface area contributed by atoms with Crippen molar-refractivity contribution in [1.29, 1.82) is 0 Å². The fourth-order valence-corrected chi connectivity index (χ4v) is 3.91. The van der Waals surface area contributed by atoms with Crippen LogP contribution in [0.2, 0.25) is 0 Å². The van der Waals surface area contributed by atoms with Gasteiger partial charge < -0.3 is 24.4 Å². The number of hydrogen-bond acceptors (Lipinski definition) is 6. The Morgan fingerprint density at radius 2 is 2.16 bits per heavy atom. The number of allylic oxidation sites excluding steroid dienone is 1. The Balaban J connectivity index is 1.94. The van der Waals surface area contributed by atoms with Crippen LogP contribution in [0.15, 0.2) is 23.3 Å². The van der Waals surface area contributed by atoms with Crippen molar-refractivity contribution in [3.05, 3.63) is 28.5 Å². The molecule has 0 aromatic rings. The highest BCUT2D eigenvalue weighted by atomic mass is 16.6. The molecule has 1 N–H and O–H groups in total. The lowest BCUT2D eigenvalue weighted by atomic mass is 9.85. The number of quaternary nitrogens is 1. The maximum absolute atomic E-state index is 12.9.